The Balaban J connectivity index is 4.00. The van der Waals surface area contributed by atoms with Crippen LogP contribution in [0.3, 0.4) is 0 Å². The largest absolute Gasteiger partial charge is 0.541 e. The second-order valence-electron chi connectivity index (χ2n) is 2.21. The zero-order chi connectivity index (χ0) is 10.1. The van der Waals surface area contributed by atoms with Gasteiger partial charge in [-0.2, -0.15) is 0 Å². The van der Waals surface area contributed by atoms with Crippen LogP contribution in [-0.2, 0) is 19.1 Å². The summed E-state index contributed by atoms with van der Waals surface area (Å²) in [5.41, 5.74) is 0. The molecule has 0 amide bonds. The first-order chi connectivity index (χ1) is 6.26. The van der Waals surface area contributed by atoms with Gasteiger partial charge in [-0.15, -0.1) is 0 Å². The molecule has 0 saturated carbocycles. The van der Waals surface area contributed by atoms with Crippen molar-refractivity contribution in [1.82, 2.24) is 0 Å². The van der Waals surface area contributed by atoms with Crippen LogP contribution in [0.4, 0.5) is 0 Å². The van der Waals surface area contributed by atoms with Crippen molar-refractivity contribution in [3.8, 4) is 0 Å². The number of rotatable bonds is 6. The molecule has 2 radical (unpaired) electrons. The predicted octanol–water partition coefficient (Wildman–Crippen LogP) is -0.0169. The van der Waals surface area contributed by atoms with E-state index in [2.05, 4.69) is 22.7 Å². The fourth-order valence-electron chi connectivity index (χ4n) is 0.685. The maximum Gasteiger partial charge on any atom is 0.378 e. The Bertz CT molecular complexity index is 195. The Morgan fingerprint density at radius 2 is 2.38 bits per heavy atom. The first-order valence-corrected chi connectivity index (χ1v) is 3.79. The Morgan fingerprint density at radius 1 is 1.69 bits per heavy atom. The van der Waals surface area contributed by atoms with Crippen molar-refractivity contribution in [1.29, 1.82) is 0 Å². The summed E-state index contributed by atoms with van der Waals surface area (Å²) in [6, 6.07) is 0. The van der Waals surface area contributed by atoms with E-state index in [1.165, 1.54) is 0 Å². The van der Waals surface area contributed by atoms with Gasteiger partial charge in [-0.1, -0.05) is 18.5 Å². The van der Waals surface area contributed by atoms with E-state index < -0.39 is 12.1 Å². The van der Waals surface area contributed by atoms with E-state index >= 15 is 0 Å². The zero-order valence-electron chi connectivity index (χ0n) is 7.30. The molecule has 6 heteroatoms. The van der Waals surface area contributed by atoms with Gasteiger partial charge in [0.1, 0.15) is 6.21 Å². The van der Waals surface area contributed by atoms with E-state index in [-0.39, 0.29) is 0 Å². The standard InChI is InChI=1S/C7H10BNO4/c1-2-3-6(7(11)12-8)13-9-4-5-10/h4-6H,2-3H2,1H3/b9-4-/t6-/m0/s1. The van der Waals surface area contributed by atoms with Crippen LogP contribution in [0.25, 0.3) is 0 Å². The minimum Gasteiger partial charge on any atom is -0.541 e. The fourth-order valence-corrected chi connectivity index (χ4v) is 0.685. The van der Waals surface area contributed by atoms with Crippen LogP contribution in [0.15, 0.2) is 5.16 Å². The lowest BCUT2D eigenvalue weighted by molar-refractivity contribution is -0.147. The highest BCUT2D eigenvalue weighted by Gasteiger charge is 2.18. The molecular formula is C7H10BNO4. The number of carbonyl (C=O) groups excluding carboxylic acids is 2. The Morgan fingerprint density at radius 3 is 2.85 bits per heavy atom. The monoisotopic (exact) mass is 183 g/mol. The van der Waals surface area contributed by atoms with Crippen molar-refractivity contribution in [2.45, 2.75) is 25.9 Å². The first-order valence-electron chi connectivity index (χ1n) is 3.79. The molecule has 0 aromatic heterocycles. The third-order valence-electron chi connectivity index (χ3n) is 1.24. The van der Waals surface area contributed by atoms with Crippen molar-refractivity contribution in [3.63, 3.8) is 0 Å². The maximum atomic E-state index is 10.9. The van der Waals surface area contributed by atoms with Crippen molar-refractivity contribution < 1.29 is 19.1 Å². The van der Waals surface area contributed by atoms with Crippen molar-refractivity contribution in [2.75, 3.05) is 0 Å². The molecule has 0 spiro atoms. The molecule has 0 aliphatic rings. The van der Waals surface area contributed by atoms with Crippen molar-refractivity contribution in [2.24, 2.45) is 5.16 Å². The van der Waals surface area contributed by atoms with Gasteiger partial charge >= 0.3 is 14.0 Å². The summed E-state index contributed by atoms with van der Waals surface area (Å²) in [5, 5.41) is 3.23. The molecule has 0 aromatic rings. The molecule has 5 nitrogen and oxygen atoms in total. The molecule has 1 atom stereocenters. The lowest BCUT2D eigenvalue weighted by Crippen LogP contribution is -2.24. The van der Waals surface area contributed by atoms with E-state index in [0.717, 1.165) is 12.6 Å². The van der Waals surface area contributed by atoms with E-state index in [1.54, 1.807) is 0 Å². The van der Waals surface area contributed by atoms with Gasteiger partial charge in [0.2, 0.25) is 6.10 Å². The van der Waals surface area contributed by atoms with Crippen molar-refractivity contribution >= 4 is 26.5 Å². The minimum absolute atomic E-state index is 0.437. The van der Waals surface area contributed by atoms with Crippen LogP contribution in [0.5, 0.6) is 0 Å². The molecule has 0 saturated heterocycles. The second kappa shape index (κ2) is 7.33. The highest BCUT2D eigenvalue weighted by Crippen LogP contribution is 2.03. The van der Waals surface area contributed by atoms with Gasteiger partial charge in [-0.3, -0.25) is 4.79 Å². The van der Waals surface area contributed by atoms with E-state index in [0.29, 0.717) is 12.7 Å². The average molecular weight is 183 g/mol. The maximum absolute atomic E-state index is 10.9. The van der Waals surface area contributed by atoms with Crippen LogP contribution in [0.1, 0.15) is 19.8 Å². The third-order valence-corrected chi connectivity index (χ3v) is 1.24. The number of hydrogen-bond donors (Lipinski definition) is 0. The van der Waals surface area contributed by atoms with Crippen LogP contribution < -0.4 is 0 Å². The molecule has 0 aromatic carbocycles. The van der Waals surface area contributed by atoms with Gasteiger partial charge in [0.05, 0.1) is 0 Å². The van der Waals surface area contributed by atoms with Crippen LogP contribution in [0.2, 0.25) is 0 Å². The number of carbonyl (C=O) groups is 2. The van der Waals surface area contributed by atoms with Gasteiger partial charge in [0.25, 0.3) is 0 Å². The van der Waals surface area contributed by atoms with E-state index in [9.17, 15) is 9.59 Å². The van der Waals surface area contributed by atoms with Crippen LogP contribution in [0, 0.1) is 0 Å². The molecule has 13 heavy (non-hydrogen) atoms. The second-order valence-corrected chi connectivity index (χ2v) is 2.21. The number of oxime groups is 1. The Labute approximate surface area is 77.5 Å². The summed E-state index contributed by atoms with van der Waals surface area (Å²) < 4.78 is 3.97. The Hall–Kier alpha value is -1.33. The van der Waals surface area contributed by atoms with Gasteiger partial charge < -0.3 is 9.49 Å². The van der Waals surface area contributed by atoms with Gasteiger partial charge in [0, 0.05) is 0 Å². The Kier molecular flexibility index (Phi) is 6.58. The highest BCUT2D eigenvalue weighted by molar-refractivity contribution is 6.12. The van der Waals surface area contributed by atoms with Gasteiger partial charge in [-0.05, 0) is 6.42 Å². The van der Waals surface area contributed by atoms with Gasteiger partial charge in [-0.25, -0.2) is 4.79 Å². The molecule has 0 bridgehead atoms. The number of hydrogen-bond acceptors (Lipinski definition) is 5. The highest BCUT2D eigenvalue weighted by atomic mass is 16.7. The summed E-state index contributed by atoms with van der Waals surface area (Å²) in [6.45, 7) is 1.86. The summed E-state index contributed by atoms with van der Waals surface area (Å²) in [7, 11) is 4.66. The predicted molar refractivity (Wildman–Crippen MR) is 46.2 cm³/mol. The number of nitrogens with zero attached hydrogens (tertiary/aromatic N) is 1. The molecule has 0 heterocycles. The molecular weight excluding hydrogens is 173 g/mol. The van der Waals surface area contributed by atoms with E-state index in [4.69, 9.17) is 0 Å². The van der Waals surface area contributed by atoms with E-state index in [1.807, 2.05) is 6.92 Å². The minimum atomic E-state index is -0.841. The molecule has 0 unspecified atom stereocenters. The molecule has 70 valence electrons. The normalized spacial score (nSPS) is 12.4. The molecule has 0 fully saturated rings. The summed E-state index contributed by atoms with van der Waals surface area (Å²) in [4.78, 5) is 25.3. The lowest BCUT2D eigenvalue weighted by atomic mass is 10.2. The number of aldehydes is 1. The first kappa shape index (κ1) is 11.7. The topological polar surface area (TPSA) is 65.0 Å². The third kappa shape index (κ3) is 5.00. The van der Waals surface area contributed by atoms with Gasteiger partial charge in [0.15, 0.2) is 6.29 Å². The average Bonchev–Trinajstić information content (AvgIpc) is 2.16. The quantitative estimate of drug-likeness (QED) is 0.251. The molecule has 0 aliphatic carbocycles. The molecule has 0 N–H and O–H groups in total. The lowest BCUT2D eigenvalue weighted by Gasteiger charge is -2.10. The summed E-state index contributed by atoms with van der Waals surface area (Å²) in [6.07, 6.45) is 1.65. The zero-order valence-corrected chi connectivity index (χ0v) is 7.30. The summed E-state index contributed by atoms with van der Waals surface area (Å²) in [5.74, 6) is -0.704. The molecule has 0 rings (SSSR count). The fraction of sp³-hybridized carbons (Fsp3) is 0.571. The molecule has 0 aliphatic heterocycles. The van der Waals surface area contributed by atoms with Crippen LogP contribution >= 0.6 is 0 Å². The van der Waals surface area contributed by atoms with Crippen LogP contribution in [-0.4, -0.2) is 32.6 Å². The van der Waals surface area contributed by atoms with Crippen molar-refractivity contribution in [3.05, 3.63) is 0 Å². The smallest absolute Gasteiger partial charge is 0.378 e. The SMILES string of the molecule is [B]OC(=O)[C@H](CCC)O/N=C\C=O. The summed E-state index contributed by atoms with van der Waals surface area (Å²) >= 11 is 0.